The third-order valence-electron chi connectivity index (χ3n) is 4.20. The lowest BCUT2D eigenvalue weighted by molar-refractivity contribution is 0.0303. The summed E-state index contributed by atoms with van der Waals surface area (Å²) < 4.78 is 11.8. The van der Waals surface area contributed by atoms with Crippen molar-refractivity contribution < 1.29 is 14.3 Å². The summed E-state index contributed by atoms with van der Waals surface area (Å²) in [5.74, 6) is 0.0801. The van der Waals surface area contributed by atoms with Gasteiger partial charge in [-0.05, 0) is 18.2 Å². The molecule has 2 aromatic rings. The lowest BCUT2D eigenvalue weighted by Gasteiger charge is -2.26. The van der Waals surface area contributed by atoms with Gasteiger partial charge in [0.05, 0.1) is 36.6 Å². The largest absolute Gasteiger partial charge is 0.378 e. The summed E-state index contributed by atoms with van der Waals surface area (Å²) in [5, 5.41) is 1.01. The van der Waals surface area contributed by atoms with E-state index in [-0.39, 0.29) is 5.91 Å². The molecular weight excluding hydrogens is 314 g/mol. The van der Waals surface area contributed by atoms with E-state index in [1.165, 1.54) is 0 Å². The van der Waals surface area contributed by atoms with Gasteiger partial charge < -0.3 is 19.3 Å². The molecule has 0 unspecified atom stereocenters. The predicted molar refractivity (Wildman–Crippen MR) is 89.4 cm³/mol. The van der Waals surface area contributed by atoms with Crippen molar-refractivity contribution in [2.75, 3.05) is 57.5 Å². The molecule has 2 saturated heterocycles. The molecule has 2 fully saturated rings. The first-order valence-corrected chi connectivity index (χ1v) is 8.73. The van der Waals surface area contributed by atoms with Crippen LogP contribution in [0.5, 0.6) is 0 Å². The third-order valence-corrected chi connectivity index (χ3v) is 5.28. The number of anilines is 1. The molecule has 0 N–H and O–H groups in total. The number of hydrogen-bond donors (Lipinski definition) is 0. The molecule has 0 atom stereocenters. The van der Waals surface area contributed by atoms with Crippen LogP contribution in [0.2, 0.25) is 0 Å². The van der Waals surface area contributed by atoms with Gasteiger partial charge in [-0.1, -0.05) is 11.3 Å². The number of morpholine rings is 2. The van der Waals surface area contributed by atoms with Gasteiger partial charge in [0.1, 0.15) is 0 Å². The summed E-state index contributed by atoms with van der Waals surface area (Å²) in [6.07, 6.45) is 0. The second-order valence-electron chi connectivity index (χ2n) is 5.68. The third kappa shape index (κ3) is 3.04. The Labute approximate surface area is 138 Å². The second kappa shape index (κ2) is 6.43. The molecule has 0 spiro atoms. The van der Waals surface area contributed by atoms with Crippen LogP contribution < -0.4 is 4.90 Å². The standard InChI is InChI=1S/C16H19N3O3S/c20-15(18-3-7-21-8-4-18)12-1-2-13-14(11-12)23-16(17-13)19-5-9-22-10-6-19/h1-2,11H,3-10H2. The molecule has 3 heterocycles. The van der Waals surface area contributed by atoms with E-state index >= 15 is 0 Å². The Hall–Kier alpha value is -1.70. The highest BCUT2D eigenvalue weighted by molar-refractivity contribution is 7.22. The van der Waals surface area contributed by atoms with Crippen LogP contribution in [0.3, 0.4) is 0 Å². The molecule has 0 saturated carbocycles. The Morgan fingerprint density at radius 2 is 1.74 bits per heavy atom. The fourth-order valence-corrected chi connectivity index (χ4v) is 3.94. The lowest BCUT2D eigenvalue weighted by atomic mass is 10.2. The first-order chi connectivity index (χ1) is 11.3. The van der Waals surface area contributed by atoms with Crippen LogP contribution in [-0.2, 0) is 9.47 Å². The molecule has 6 nitrogen and oxygen atoms in total. The average Bonchev–Trinajstić information content (AvgIpc) is 3.06. The number of ether oxygens (including phenoxy) is 2. The van der Waals surface area contributed by atoms with Gasteiger partial charge >= 0.3 is 0 Å². The zero-order valence-electron chi connectivity index (χ0n) is 12.9. The van der Waals surface area contributed by atoms with E-state index in [0.717, 1.165) is 47.2 Å². The Bertz CT molecular complexity index is 706. The summed E-state index contributed by atoms with van der Waals surface area (Å²) in [5.41, 5.74) is 1.69. The summed E-state index contributed by atoms with van der Waals surface area (Å²) in [6.45, 7) is 5.81. The van der Waals surface area contributed by atoms with Crippen molar-refractivity contribution in [3.63, 3.8) is 0 Å². The maximum Gasteiger partial charge on any atom is 0.254 e. The number of carbonyl (C=O) groups excluding carboxylic acids is 1. The molecule has 1 amide bonds. The number of hydrogen-bond acceptors (Lipinski definition) is 6. The molecule has 2 aliphatic heterocycles. The normalized spacial score (nSPS) is 19.3. The Balaban J connectivity index is 1.58. The van der Waals surface area contributed by atoms with Crippen LogP contribution in [-0.4, -0.2) is 68.4 Å². The average molecular weight is 333 g/mol. The Kier molecular flexibility index (Phi) is 4.15. The summed E-state index contributed by atoms with van der Waals surface area (Å²) in [6, 6.07) is 5.79. The molecular formula is C16H19N3O3S. The number of amides is 1. The van der Waals surface area contributed by atoms with Crippen LogP contribution >= 0.6 is 11.3 Å². The molecule has 7 heteroatoms. The highest BCUT2D eigenvalue weighted by Gasteiger charge is 2.20. The minimum Gasteiger partial charge on any atom is -0.378 e. The van der Waals surface area contributed by atoms with Gasteiger partial charge in [0.15, 0.2) is 5.13 Å². The highest BCUT2D eigenvalue weighted by atomic mass is 32.1. The zero-order valence-corrected chi connectivity index (χ0v) is 13.7. The number of aromatic nitrogens is 1. The van der Waals surface area contributed by atoms with E-state index in [4.69, 9.17) is 14.5 Å². The number of thiazole rings is 1. The van der Waals surface area contributed by atoms with E-state index in [1.54, 1.807) is 11.3 Å². The maximum absolute atomic E-state index is 12.6. The molecule has 122 valence electrons. The van der Waals surface area contributed by atoms with Crippen LogP contribution in [0, 0.1) is 0 Å². The highest BCUT2D eigenvalue weighted by Crippen LogP contribution is 2.30. The van der Waals surface area contributed by atoms with Gasteiger partial charge in [-0.2, -0.15) is 0 Å². The summed E-state index contributed by atoms with van der Waals surface area (Å²) >= 11 is 1.65. The van der Waals surface area contributed by atoms with Crippen LogP contribution in [0.25, 0.3) is 10.2 Å². The second-order valence-corrected chi connectivity index (χ2v) is 6.69. The molecule has 0 radical (unpaired) electrons. The fraction of sp³-hybridized carbons (Fsp3) is 0.500. The van der Waals surface area contributed by atoms with Gasteiger partial charge in [-0.15, -0.1) is 0 Å². The maximum atomic E-state index is 12.6. The quantitative estimate of drug-likeness (QED) is 0.836. The number of benzene rings is 1. The molecule has 1 aromatic heterocycles. The smallest absolute Gasteiger partial charge is 0.254 e. The van der Waals surface area contributed by atoms with Gasteiger partial charge in [-0.3, -0.25) is 4.79 Å². The van der Waals surface area contributed by atoms with E-state index in [2.05, 4.69) is 4.90 Å². The van der Waals surface area contributed by atoms with Crippen molar-refractivity contribution in [2.45, 2.75) is 0 Å². The number of fused-ring (bicyclic) bond motifs is 1. The van der Waals surface area contributed by atoms with Gasteiger partial charge in [-0.25, -0.2) is 4.98 Å². The topological polar surface area (TPSA) is 54.9 Å². The van der Waals surface area contributed by atoms with E-state index < -0.39 is 0 Å². The minimum absolute atomic E-state index is 0.0801. The minimum atomic E-state index is 0.0801. The van der Waals surface area contributed by atoms with Crippen LogP contribution in [0.4, 0.5) is 5.13 Å². The molecule has 4 rings (SSSR count). The number of carbonyl (C=O) groups is 1. The van der Waals surface area contributed by atoms with Crippen molar-refractivity contribution in [1.82, 2.24) is 9.88 Å². The number of nitrogens with zero attached hydrogens (tertiary/aromatic N) is 3. The van der Waals surface area contributed by atoms with Crippen molar-refractivity contribution >= 4 is 32.6 Å². The monoisotopic (exact) mass is 333 g/mol. The summed E-state index contributed by atoms with van der Waals surface area (Å²) in [7, 11) is 0. The Morgan fingerprint density at radius 3 is 2.48 bits per heavy atom. The van der Waals surface area contributed by atoms with E-state index in [9.17, 15) is 4.79 Å². The zero-order chi connectivity index (χ0) is 15.6. The molecule has 23 heavy (non-hydrogen) atoms. The first-order valence-electron chi connectivity index (χ1n) is 7.91. The Morgan fingerprint density at radius 1 is 1.04 bits per heavy atom. The van der Waals surface area contributed by atoms with Gasteiger partial charge in [0.2, 0.25) is 0 Å². The van der Waals surface area contributed by atoms with E-state index in [1.807, 2.05) is 23.1 Å². The van der Waals surface area contributed by atoms with Crippen LogP contribution in [0.15, 0.2) is 18.2 Å². The van der Waals surface area contributed by atoms with Gasteiger partial charge in [0, 0.05) is 31.7 Å². The molecule has 0 bridgehead atoms. The molecule has 0 aliphatic carbocycles. The van der Waals surface area contributed by atoms with Crippen molar-refractivity contribution in [2.24, 2.45) is 0 Å². The summed E-state index contributed by atoms with van der Waals surface area (Å²) in [4.78, 5) is 21.4. The molecule has 1 aromatic carbocycles. The first kappa shape index (κ1) is 14.9. The lowest BCUT2D eigenvalue weighted by Crippen LogP contribution is -2.40. The van der Waals surface area contributed by atoms with Crippen molar-refractivity contribution in [3.05, 3.63) is 23.8 Å². The molecule has 2 aliphatic rings. The van der Waals surface area contributed by atoms with Crippen LogP contribution in [0.1, 0.15) is 10.4 Å². The van der Waals surface area contributed by atoms with Crippen molar-refractivity contribution in [3.8, 4) is 0 Å². The van der Waals surface area contributed by atoms with Gasteiger partial charge in [0.25, 0.3) is 5.91 Å². The fourth-order valence-electron chi connectivity index (χ4n) is 2.88. The predicted octanol–water partition coefficient (Wildman–Crippen LogP) is 1.61. The SMILES string of the molecule is O=C(c1ccc2nc(N3CCOCC3)sc2c1)N1CCOCC1. The number of rotatable bonds is 2. The van der Waals surface area contributed by atoms with Crippen molar-refractivity contribution in [1.29, 1.82) is 0 Å². The van der Waals surface area contributed by atoms with E-state index in [0.29, 0.717) is 26.3 Å².